The molecule has 198 valence electrons. The van der Waals surface area contributed by atoms with Crippen molar-refractivity contribution < 1.29 is 23.5 Å². The zero-order chi connectivity index (χ0) is 27.7. The molecule has 1 aromatic heterocycles. The summed E-state index contributed by atoms with van der Waals surface area (Å²) in [5.74, 6) is -0.517. The number of nitriles is 1. The molecular weight excluding hydrogens is 501 g/mol. The van der Waals surface area contributed by atoms with Crippen LogP contribution in [0.25, 0.3) is 16.6 Å². The van der Waals surface area contributed by atoms with Crippen molar-refractivity contribution in [2.75, 3.05) is 11.5 Å². The maximum Gasteiger partial charge on any atom is 0.408 e. The molecule has 0 fully saturated rings. The number of alkyl carbamates (subject to hydrolysis) is 1. The molecule has 1 atom stereocenters. The van der Waals surface area contributed by atoms with Crippen LogP contribution in [0.4, 0.5) is 14.9 Å². The van der Waals surface area contributed by atoms with Gasteiger partial charge in [-0.25, -0.2) is 13.9 Å². The summed E-state index contributed by atoms with van der Waals surface area (Å²) in [7, 11) is 0. The highest BCUT2D eigenvalue weighted by Crippen LogP contribution is 2.34. The third kappa shape index (κ3) is 5.25. The second-order valence-electron chi connectivity index (χ2n) is 10.1. The summed E-state index contributed by atoms with van der Waals surface area (Å²) in [5, 5.41) is 17.7. The fourth-order valence-corrected chi connectivity index (χ4v) is 4.40. The number of carbonyl (C=O) groups excluding carboxylic acids is 2. The van der Waals surface area contributed by atoms with Crippen LogP contribution in [-0.2, 0) is 16.1 Å². The molecule has 9 nitrogen and oxygen atoms in total. The molecule has 2 heterocycles. The molecule has 39 heavy (non-hydrogen) atoms. The molecule has 10 heteroatoms. The van der Waals surface area contributed by atoms with Crippen molar-refractivity contribution in [3.05, 3.63) is 83.8 Å². The van der Waals surface area contributed by atoms with Crippen LogP contribution in [0.5, 0.6) is 5.75 Å². The van der Waals surface area contributed by atoms with Gasteiger partial charge in [0, 0.05) is 17.0 Å². The molecule has 1 unspecified atom stereocenters. The van der Waals surface area contributed by atoms with Gasteiger partial charge in [-0.3, -0.25) is 9.69 Å². The molecule has 2 amide bonds. The Morgan fingerprint density at radius 2 is 1.87 bits per heavy atom. The van der Waals surface area contributed by atoms with E-state index in [1.807, 2.05) is 0 Å². The van der Waals surface area contributed by atoms with E-state index in [-0.39, 0.29) is 13.2 Å². The zero-order valence-corrected chi connectivity index (χ0v) is 21.6. The third-order valence-electron chi connectivity index (χ3n) is 6.09. The molecule has 0 aliphatic carbocycles. The number of ether oxygens (including phenoxy) is 2. The monoisotopic (exact) mass is 527 g/mol. The summed E-state index contributed by atoms with van der Waals surface area (Å²) in [6.07, 6.45) is -1.96. The predicted octanol–water partition coefficient (Wildman–Crippen LogP) is 4.86. The summed E-state index contributed by atoms with van der Waals surface area (Å²) in [6, 6.07) is 20.3. The highest BCUT2D eigenvalue weighted by Gasteiger charge is 2.35. The van der Waals surface area contributed by atoms with Crippen LogP contribution in [0.1, 0.15) is 32.0 Å². The Hall–Kier alpha value is -4.91. The Morgan fingerprint density at radius 3 is 2.62 bits per heavy atom. The SMILES string of the molecule is CC(C)(C)NC(=O)OC1COc2ccccc2N(Cc2nn(-c3ccccc3C#N)c3cc(F)ccc23)C1=O. The lowest BCUT2D eigenvalue weighted by Gasteiger charge is -2.25. The molecule has 0 saturated carbocycles. The second-order valence-corrected chi connectivity index (χ2v) is 10.1. The Labute approximate surface area is 224 Å². The Kier molecular flexibility index (Phi) is 6.66. The van der Waals surface area contributed by atoms with Crippen molar-refractivity contribution >= 4 is 28.6 Å². The third-order valence-corrected chi connectivity index (χ3v) is 6.09. The Balaban J connectivity index is 1.57. The summed E-state index contributed by atoms with van der Waals surface area (Å²) in [4.78, 5) is 27.7. The molecule has 5 rings (SSSR count). The van der Waals surface area contributed by atoms with E-state index in [0.717, 1.165) is 0 Å². The number of rotatable bonds is 4. The summed E-state index contributed by atoms with van der Waals surface area (Å²) in [6.45, 7) is 5.22. The van der Waals surface area contributed by atoms with Gasteiger partial charge in [-0.05, 0) is 57.2 Å². The molecule has 0 radical (unpaired) electrons. The lowest BCUT2D eigenvalue weighted by Crippen LogP contribution is -2.47. The number of nitrogens with zero attached hydrogens (tertiary/aromatic N) is 4. The molecular formula is C29H26FN5O4. The standard InChI is InChI=1S/C29H26FN5O4/c1-29(2,3)32-28(37)39-26-17-38-25-11-7-6-10-23(25)34(27(26)36)16-21-20-13-12-19(30)14-24(20)35(33-21)22-9-5-4-8-18(22)15-31/h4-14,26H,16-17H2,1-3H3,(H,32,37). The maximum absolute atomic E-state index is 14.3. The molecule has 4 aromatic rings. The average molecular weight is 528 g/mol. The average Bonchev–Trinajstić information content (AvgIpc) is 3.19. The van der Waals surface area contributed by atoms with E-state index >= 15 is 0 Å². The van der Waals surface area contributed by atoms with Crippen LogP contribution in [0.3, 0.4) is 0 Å². The molecule has 0 spiro atoms. The minimum atomic E-state index is -1.22. The maximum atomic E-state index is 14.3. The number of hydrogen-bond acceptors (Lipinski definition) is 6. The molecule has 1 aliphatic rings. The van der Waals surface area contributed by atoms with Crippen LogP contribution in [0.2, 0.25) is 0 Å². The van der Waals surface area contributed by atoms with Crippen LogP contribution in [-0.4, -0.2) is 40.0 Å². The van der Waals surface area contributed by atoms with E-state index in [1.54, 1.807) is 75.4 Å². The van der Waals surface area contributed by atoms with E-state index in [2.05, 4.69) is 11.4 Å². The number of halogens is 1. The summed E-state index contributed by atoms with van der Waals surface area (Å²) >= 11 is 0. The minimum absolute atomic E-state index is 0.0240. The lowest BCUT2D eigenvalue weighted by atomic mass is 10.1. The first-order chi connectivity index (χ1) is 18.6. The predicted molar refractivity (Wildman–Crippen MR) is 142 cm³/mol. The summed E-state index contributed by atoms with van der Waals surface area (Å²) < 4.78 is 27.2. The number of anilines is 1. The van der Waals surface area contributed by atoms with Gasteiger partial charge in [-0.1, -0.05) is 24.3 Å². The number of amides is 2. The fourth-order valence-electron chi connectivity index (χ4n) is 4.40. The van der Waals surface area contributed by atoms with Gasteiger partial charge < -0.3 is 14.8 Å². The number of hydrogen-bond donors (Lipinski definition) is 1. The normalized spacial score (nSPS) is 15.2. The van der Waals surface area contributed by atoms with E-state index in [0.29, 0.717) is 39.3 Å². The van der Waals surface area contributed by atoms with Crippen molar-refractivity contribution in [1.82, 2.24) is 15.1 Å². The van der Waals surface area contributed by atoms with Crippen molar-refractivity contribution in [2.45, 2.75) is 39.0 Å². The van der Waals surface area contributed by atoms with Crippen LogP contribution in [0.15, 0.2) is 66.7 Å². The molecule has 1 N–H and O–H groups in total. The smallest absolute Gasteiger partial charge is 0.408 e. The quantitative estimate of drug-likeness (QED) is 0.406. The second kappa shape index (κ2) is 10.1. The van der Waals surface area contributed by atoms with Crippen LogP contribution < -0.4 is 15.0 Å². The van der Waals surface area contributed by atoms with Gasteiger partial charge in [0.05, 0.1) is 34.7 Å². The van der Waals surface area contributed by atoms with Gasteiger partial charge in [-0.2, -0.15) is 10.4 Å². The number of fused-ring (bicyclic) bond motifs is 2. The van der Waals surface area contributed by atoms with Gasteiger partial charge >= 0.3 is 6.09 Å². The molecule has 3 aromatic carbocycles. The number of carbonyl (C=O) groups is 2. The summed E-state index contributed by atoms with van der Waals surface area (Å²) in [5.41, 5.74) is 1.66. The van der Waals surface area contributed by atoms with Crippen LogP contribution >= 0.6 is 0 Å². The van der Waals surface area contributed by atoms with Crippen LogP contribution in [0, 0.1) is 17.1 Å². The first-order valence-corrected chi connectivity index (χ1v) is 12.3. The number of nitrogens with one attached hydrogen (secondary N) is 1. The highest BCUT2D eigenvalue weighted by atomic mass is 19.1. The molecule has 1 aliphatic heterocycles. The Morgan fingerprint density at radius 1 is 1.15 bits per heavy atom. The van der Waals surface area contributed by atoms with Crippen molar-refractivity contribution in [3.8, 4) is 17.5 Å². The van der Waals surface area contributed by atoms with E-state index in [1.165, 1.54) is 21.7 Å². The lowest BCUT2D eigenvalue weighted by molar-refractivity contribution is -0.128. The molecule has 0 bridgehead atoms. The van der Waals surface area contributed by atoms with E-state index in [9.17, 15) is 19.2 Å². The number of benzene rings is 3. The minimum Gasteiger partial charge on any atom is -0.487 e. The first-order valence-electron chi connectivity index (χ1n) is 12.3. The van der Waals surface area contributed by atoms with E-state index < -0.39 is 29.5 Å². The van der Waals surface area contributed by atoms with Gasteiger partial charge in [0.15, 0.2) is 0 Å². The first kappa shape index (κ1) is 25.7. The largest absolute Gasteiger partial charge is 0.487 e. The van der Waals surface area contributed by atoms with Crippen molar-refractivity contribution in [3.63, 3.8) is 0 Å². The van der Waals surface area contributed by atoms with Gasteiger partial charge in [0.1, 0.15) is 24.2 Å². The van der Waals surface area contributed by atoms with Gasteiger partial charge in [0.2, 0.25) is 6.10 Å². The van der Waals surface area contributed by atoms with Gasteiger partial charge in [-0.15, -0.1) is 0 Å². The van der Waals surface area contributed by atoms with Crippen molar-refractivity contribution in [2.24, 2.45) is 0 Å². The topological polar surface area (TPSA) is 109 Å². The van der Waals surface area contributed by atoms with E-state index in [4.69, 9.17) is 14.6 Å². The Bertz CT molecular complexity index is 1620. The molecule has 0 saturated heterocycles. The number of para-hydroxylation sites is 3. The van der Waals surface area contributed by atoms with Crippen molar-refractivity contribution in [1.29, 1.82) is 5.26 Å². The fraction of sp³-hybridized carbons (Fsp3) is 0.241. The highest BCUT2D eigenvalue weighted by molar-refractivity contribution is 6.00. The number of aromatic nitrogens is 2. The zero-order valence-electron chi connectivity index (χ0n) is 21.6. The van der Waals surface area contributed by atoms with Gasteiger partial charge in [0.25, 0.3) is 5.91 Å².